The van der Waals surface area contributed by atoms with Crippen molar-refractivity contribution in [2.75, 3.05) is 0 Å². The average Bonchev–Trinajstić information content (AvgIpc) is 2.76. The van der Waals surface area contributed by atoms with E-state index >= 15 is 0 Å². The van der Waals surface area contributed by atoms with Crippen LogP contribution in [0.25, 0.3) is 0 Å². The normalized spacial score (nSPS) is 10.6. The van der Waals surface area contributed by atoms with Gasteiger partial charge in [0.05, 0.1) is 5.92 Å². The predicted molar refractivity (Wildman–Crippen MR) is 111 cm³/mol. The number of carbonyl (C=O) groups is 3. The van der Waals surface area contributed by atoms with Gasteiger partial charge in [-0.25, -0.2) is 0 Å². The number of rotatable bonds is 13. The first kappa shape index (κ1) is 23.1. The summed E-state index contributed by atoms with van der Waals surface area (Å²) in [6, 6.07) is 18.8. The molecule has 0 radical (unpaired) electrons. The zero-order valence-corrected chi connectivity index (χ0v) is 17.0. The van der Waals surface area contributed by atoms with Crippen molar-refractivity contribution in [2.45, 2.75) is 51.7 Å². The van der Waals surface area contributed by atoms with Gasteiger partial charge in [-0.3, -0.25) is 14.4 Å². The fourth-order valence-electron chi connectivity index (χ4n) is 3.00. The fraction of sp³-hybridized carbons (Fsp3) is 0.375. The number of carboxylic acids is 1. The van der Waals surface area contributed by atoms with E-state index in [4.69, 9.17) is 9.47 Å². The van der Waals surface area contributed by atoms with Crippen LogP contribution in [-0.2, 0) is 37.1 Å². The molecule has 30 heavy (non-hydrogen) atoms. The van der Waals surface area contributed by atoms with Gasteiger partial charge < -0.3 is 14.6 Å². The van der Waals surface area contributed by atoms with E-state index in [1.54, 1.807) is 0 Å². The summed E-state index contributed by atoms with van der Waals surface area (Å²) in [5.74, 6) is -2.18. The van der Waals surface area contributed by atoms with Gasteiger partial charge in [-0.05, 0) is 36.8 Å². The molecule has 2 rings (SSSR count). The highest BCUT2D eigenvalue weighted by atomic mass is 16.5. The lowest BCUT2D eigenvalue weighted by Crippen LogP contribution is -2.15. The first-order valence-electron chi connectivity index (χ1n) is 10.2. The second-order valence-electron chi connectivity index (χ2n) is 7.11. The summed E-state index contributed by atoms with van der Waals surface area (Å²) in [7, 11) is 0. The van der Waals surface area contributed by atoms with Crippen LogP contribution in [0.4, 0.5) is 0 Å². The highest BCUT2D eigenvalue weighted by molar-refractivity contribution is 5.71. The standard InChI is InChI=1S/C24H28O6/c25-22(29-17-19-9-3-1-4-10-19)15-7-13-21(24(27)28)14-8-16-23(26)30-18-20-11-5-2-6-12-20/h1-6,9-12,21H,7-8,13-18H2,(H,27,28). The molecule has 1 N–H and O–H groups in total. The monoisotopic (exact) mass is 412 g/mol. The number of hydrogen-bond acceptors (Lipinski definition) is 5. The Morgan fingerprint density at radius 1 is 0.700 bits per heavy atom. The summed E-state index contributed by atoms with van der Waals surface area (Å²) >= 11 is 0. The number of esters is 2. The van der Waals surface area contributed by atoms with E-state index < -0.39 is 11.9 Å². The van der Waals surface area contributed by atoms with E-state index in [1.165, 1.54) is 0 Å². The molecule has 6 heteroatoms. The molecular weight excluding hydrogens is 384 g/mol. The number of ether oxygens (including phenoxy) is 2. The van der Waals surface area contributed by atoms with Crippen molar-refractivity contribution in [3.05, 3.63) is 71.8 Å². The Balaban J connectivity index is 1.60. The van der Waals surface area contributed by atoms with Gasteiger partial charge >= 0.3 is 17.9 Å². The Morgan fingerprint density at radius 3 is 1.47 bits per heavy atom. The number of benzene rings is 2. The van der Waals surface area contributed by atoms with Gasteiger partial charge in [-0.15, -0.1) is 0 Å². The van der Waals surface area contributed by atoms with E-state index in [2.05, 4.69) is 0 Å². The molecule has 2 aromatic carbocycles. The van der Waals surface area contributed by atoms with Crippen molar-refractivity contribution in [1.29, 1.82) is 0 Å². The summed E-state index contributed by atoms with van der Waals surface area (Å²) in [5.41, 5.74) is 1.82. The van der Waals surface area contributed by atoms with Crippen molar-refractivity contribution < 1.29 is 29.0 Å². The molecule has 0 aliphatic carbocycles. The molecule has 0 amide bonds. The SMILES string of the molecule is O=C(CCCC(CCCC(=O)OCc1ccccc1)C(=O)O)OCc1ccccc1. The Kier molecular flexibility index (Phi) is 10.1. The molecule has 0 heterocycles. The molecule has 0 atom stereocenters. The molecule has 0 spiro atoms. The summed E-state index contributed by atoms with van der Waals surface area (Å²) in [6.07, 6.45) is 1.96. The van der Waals surface area contributed by atoms with Gasteiger partial charge in [0, 0.05) is 12.8 Å². The third-order valence-corrected chi connectivity index (χ3v) is 4.70. The predicted octanol–water partition coefficient (Wildman–Crippen LogP) is 4.51. The van der Waals surface area contributed by atoms with Gasteiger partial charge in [0.1, 0.15) is 13.2 Å². The van der Waals surface area contributed by atoms with E-state index in [0.717, 1.165) is 11.1 Å². The van der Waals surface area contributed by atoms with Crippen LogP contribution in [0.5, 0.6) is 0 Å². The van der Waals surface area contributed by atoms with Crippen LogP contribution in [0.3, 0.4) is 0 Å². The first-order valence-corrected chi connectivity index (χ1v) is 10.2. The number of carbonyl (C=O) groups excluding carboxylic acids is 2. The minimum atomic E-state index is -0.912. The van der Waals surface area contributed by atoms with E-state index in [0.29, 0.717) is 25.7 Å². The molecule has 0 aromatic heterocycles. The number of aliphatic carboxylic acids is 1. The minimum Gasteiger partial charge on any atom is -0.481 e. The first-order chi connectivity index (χ1) is 14.5. The summed E-state index contributed by atoms with van der Waals surface area (Å²) in [6.45, 7) is 0.431. The lowest BCUT2D eigenvalue weighted by Gasteiger charge is -2.12. The molecular formula is C24H28O6. The van der Waals surface area contributed by atoms with Crippen LogP contribution in [0.1, 0.15) is 49.7 Å². The van der Waals surface area contributed by atoms with Crippen molar-refractivity contribution in [3.8, 4) is 0 Å². The third kappa shape index (κ3) is 9.37. The van der Waals surface area contributed by atoms with E-state index in [9.17, 15) is 19.5 Å². The zero-order valence-electron chi connectivity index (χ0n) is 17.0. The molecule has 0 unspecified atom stereocenters. The lowest BCUT2D eigenvalue weighted by molar-refractivity contribution is -0.147. The summed E-state index contributed by atoms with van der Waals surface area (Å²) in [4.78, 5) is 35.1. The molecule has 0 saturated carbocycles. The Bertz CT molecular complexity index is 726. The zero-order chi connectivity index (χ0) is 21.6. The summed E-state index contributed by atoms with van der Waals surface area (Å²) in [5, 5.41) is 9.38. The maximum atomic E-state index is 11.8. The highest BCUT2D eigenvalue weighted by Crippen LogP contribution is 2.17. The molecule has 0 aliphatic heterocycles. The van der Waals surface area contributed by atoms with Crippen molar-refractivity contribution >= 4 is 17.9 Å². The number of carboxylic acid groups (broad SMARTS) is 1. The molecule has 0 saturated heterocycles. The van der Waals surface area contributed by atoms with Gasteiger partial charge in [-0.2, -0.15) is 0 Å². The van der Waals surface area contributed by atoms with Gasteiger partial charge in [0.25, 0.3) is 0 Å². The summed E-state index contributed by atoms with van der Waals surface area (Å²) < 4.78 is 10.4. The molecule has 0 fully saturated rings. The quantitative estimate of drug-likeness (QED) is 0.487. The largest absolute Gasteiger partial charge is 0.481 e. The van der Waals surface area contributed by atoms with Crippen LogP contribution in [0, 0.1) is 5.92 Å². The maximum absolute atomic E-state index is 11.8. The third-order valence-electron chi connectivity index (χ3n) is 4.70. The van der Waals surface area contributed by atoms with E-state index in [-0.39, 0.29) is 38.0 Å². The second-order valence-corrected chi connectivity index (χ2v) is 7.11. The van der Waals surface area contributed by atoms with Crippen molar-refractivity contribution in [1.82, 2.24) is 0 Å². The highest BCUT2D eigenvalue weighted by Gasteiger charge is 2.18. The number of hydrogen-bond donors (Lipinski definition) is 1. The topological polar surface area (TPSA) is 89.9 Å². The maximum Gasteiger partial charge on any atom is 0.306 e. The fourth-order valence-corrected chi connectivity index (χ4v) is 3.00. The van der Waals surface area contributed by atoms with Gasteiger partial charge in [-0.1, -0.05) is 60.7 Å². The molecule has 160 valence electrons. The van der Waals surface area contributed by atoms with Crippen LogP contribution in [0.2, 0.25) is 0 Å². The Labute approximate surface area is 176 Å². The smallest absolute Gasteiger partial charge is 0.306 e. The Hall–Kier alpha value is -3.15. The van der Waals surface area contributed by atoms with Gasteiger partial charge in [0.15, 0.2) is 0 Å². The van der Waals surface area contributed by atoms with Crippen LogP contribution in [-0.4, -0.2) is 23.0 Å². The Morgan fingerprint density at radius 2 is 1.10 bits per heavy atom. The molecule has 6 nitrogen and oxygen atoms in total. The molecule has 2 aromatic rings. The molecule has 0 bridgehead atoms. The minimum absolute atomic E-state index is 0.176. The lowest BCUT2D eigenvalue weighted by atomic mass is 9.96. The average molecular weight is 412 g/mol. The van der Waals surface area contributed by atoms with Crippen LogP contribution < -0.4 is 0 Å². The van der Waals surface area contributed by atoms with Crippen molar-refractivity contribution in [2.24, 2.45) is 5.92 Å². The van der Waals surface area contributed by atoms with Crippen molar-refractivity contribution in [3.63, 3.8) is 0 Å². The second kappa shape index (κ2) is 13.1. The van der Waals surface area contributed by atoms with Gasteiger partial charge in [0.2, 0.25) is 0 Å². The van der Waals surface area contributed by atoms with E-state index in [1.807, 2.05) is 60.7 Å². The molecule has 0 aliphatic rings. The van der Waals surface area contributed by atoms with Crippen LogP contribution in [0.15, 0.2) is 60.7 Å². The van der Waals surface area contributed by atoms with Crippen LogP contribution >= 0.6 is 0 Å².